The standard InChI is InChI=1S/C41H73NO8/c1-23(9-10-26(44)33(46)27(45)22-49-36-32(42)35(48)34(47)28(21-43)50-36)24-13-18-38(4)25(24)14-19-40(6)30(38)11-12-31-39(5)17-8-16-37(2,3)29(39)15-20-41(31,40)7/h23-36,43-48H,8-22,42H2,1-7H3/t23?,24-,25+,26?,27?,28?,29+,30-,31-,32?,33?,34?,35?,36?,38+,39+,40-,41-/m1/s1. The second-order valence-electron chi connectivity index (χ2n) is 20.1. The van der Waals surface area contributed by atoms with Crippen LogP contribution < -0.4 is 5.73 Å². The van der Waals surface area contributed by atoms with Crippen LogP contribution in [0.5, 0.6) is 0 Å². The molecular formula is C41H73NO8. The van der Waals surface area contributed by atoms with Crippen LogP contribution in [-0.2, 0) is 9.47 Å². The molecule has 0 spiro atoms. The topological polar surface area (TPSA) is 166 Å². The van der Waals surface area contributed by atoms with Crippen LogP contribution in [0.3, 0.4) is 0 Å². The number of fused-ring (bicyclic) bond motifs is 7. The largest absolute Gasteiger partial charge is 0.394 e. The van der Waals surface area contributed by atoms with Crippen molar-refractivity contribution in [1.29, 1.82) is 0 Å². The third-order valence-electron chi connectivity index (χ3n) is 17.6. The van der Waals surface area contributed by atoms with E-state index in [1.807, 2.05) is 0 Å². The Morgan fingerprint density at radius 3 is 2.04 bits per heavy atom. The van der Waals surface area contributed by atoms with Gasteiger partial charge in [0.1, 0.15) is 30.5 Å². The second-order valence-corrected chi connectivity index (χ2v) is 20.1. The predicted octanol–water partition coefficient (Wildman–Crippen LogP) is 4.76. The first-order valence-corrected chi connectivity index (χ1v) is 20.4. The molecule has 1 aliphatic heterocycles. The molecule has 1 saturated heterocycles. The van der Waals surface area contributed by atoms with Crippen molar-refractivity contribution in [3.63, 3.8) is 0 Å². The molecule has 5 aliphatic carbocycles. The summed E-state index contributed by atoms with van der Waals surface area (Å²) in [6.45, 7) is 17.3. The van der Waals surface area contributed by atoms with E-state index in [4.69, 9.17) is 15.2 Å². The van der Waals surface area contributed by atoms with Crippen molar-refractivity contribution in [1.82, 2.24) is 0 Å². The van der Waals surface area contributed by atoms with E-state index in [1.54, 1.807) is 0 Å². The van der Waals surface area contributed by atoms with Gasteiger partial charge < -0.3 is 45.8 Å². The van der Waals surface area contributed by atoms with E-state index >= 15 is 0 Å². The quantitative estimate of drug-likeness (QED) is 0.170. The Hall–Kier alpha value is -0.360. The molecule has 9 heteroatoms. The minimum Gasteiger partial charge on any atom is -0.394 e. The lowest BCUT2D eigenvalue weighted by Gasteiger charge is -2.73. The van der Waals surface area contributed by atoms with Gasteiger partial charge in [-0.1, -0.05) is 54.9 Å². The second kappa shape index (κ2) is 14.1. The van der Waals surface area contributed by atoms with Crippen LogP contribution >= 0.6 is 0 Å². The fraction of sp³-hybridized carbons (Fsp3) is 1.00. The van der Waals surface area contributed by atoms with Crippen LogP contribution in [0.15, 0.2) is 0 Å². The molecule has 290 valence electrons. The van der Waals surface area contributed by atoms with Gasteiger partial charge in [-0.05, 0) is 140 Å². The van der Waals surface area contributed by atoms with E-state index in [-0.39, 0.29) is 6.61 Å². The zero-order valence-electron chi connectivity index (χ0n) is 32.3. The summed E-state index contributed by atoms with van der Waals surface area (Å²) in [7, 11) is 0. The van der Waals surface area contributed by atoms with Crippen LogP contribution in [0.1, 0.15) is 132 Å². The molecule has 5 saturated carbocycles. The third-order valence-corrected chi connectivity index (χ3v) is 17.6. The van der Waals surface area contributed by atoms with Crippen LogP contribution in [0.25, 0.3) is 0 Å². The molecule has 50 heavy (non-hydrogen) atoms. The predicted molar refractivity (Wildman–Crippen MR) is 193 cm³/mol. The van der Waals surface area contributed by atoms with Crippen LogP contribution in [0, 0.1) is 62.6 Å². The van der Waals surface area contributed by atoms with Gasteiger partial charge in [0.25, 0.3) is 0 Å². The molecule has 0 radical (unpaired) electrons. The first-order valence-electron chi connectivity index (χ1n) is 20.4. The van der Waals surface area contributed by atoms with Gasteiger partial charge in [-0.15, -0.1) is 0 Å². The van der Waals surface area contributed by atoms with Gasteiger partial charge in [0.05, 0.1) is 25.4 Å². The van der Waals surface area contributed by atoms with Crippen LogP contribution in [0.2, 0.25) is 0 Å². The molecule has 6 fully saturated rings. The van der Waals surface area contributed by atoms with Gasteiger partial charge in [-0.25, -0.2) is 0 Å². The van der Waals surface area contributed by atoms with Gasteiger partial charge in [-0.3, -0.25) is 0 Å². The Labute approximate surface area is 302 Å². The zero-order valence-corrected chi connectivity index (χ0v) is 32.3. The normalized spacial score (nSPS) is 51.0. The summed E-state index contributed by atoms with van der Waals surface area (Å²) in [4.78, 5) is 0. The van der Waals surface area contributed by atoms with Gasteiger partial charge in [-0.2, -0.15) is 0 Å². The molecule has 0 aromatic rings. The highest BCUT2D eigenvalue weighted by Crippen LogP contribution is 2.78. The summed E-state index contributed by atoms with van der Waals surface area (Å²) in [6, 6.07) is -1.10. The highest BCUT2D eigenvalue weighted by molar-refractivity contribution is 5.19. The van der Waals surface area contributed by atoms with E-state index in [9.17, 15) is 30.6 Å². The van der Waals surface area contributed by atoms with Crippen LogP contribution in [-0.4, -0.2) is 92.8 Å². The monoisotopic (exact) mass is 708 g/mol. The average molecular weight is 708 g/mol. The van der Waals surface area contributed by atoms with Crippen molar-refractivity contribution in [3.8, 4) is 0 Å². The third kappa shape index (κ3) is 6.17. The Morgan fingerprint density at radius 2 is 1.38 bits per heavy atom. The lowest BCUT2D eigenvalue weighted by atomic mass is 9.32. The Balaban J connectivity index is 1.05. The molecule has 0 bridgehead atoms. The summed E-state index contributed by atoms with van der Waals surface area (Å²) in [5, 5.41) is 62.0. The van der Waals surface area contributed by atoms with Crippen LogP contribution in [0.4, 0.5) is 0 Å². The van der Waals surface area contributed by atoms with Crippen molar-refractivity contribution in [2.24, 2.45) is 68.3 Å². The number of aliphatic hydroxyl groups is 6. The van der Waals surface area contributed by atoms with Gasteiger partial charge in [0, 0.05) is 0 Å². The smallest absolute Gasteiger partial charge is 0.175 e. The Morgan fingerprint density at radius 1 is 0.740 bits per heavy atom. The lowest BCUT2D eigenvalue weighted by molar-refractivity contribution is -0.273. The maximum Gasteiger partial charge on any atom is 0.175 e. The molecule has 6 aliphatic rings. The Kier molecular flexibility index (Phi) is 11.1. The molecule has 9 nitrogen and oxygen atoms in total. The van der Waals surface area contributed by atoms with Gasteiger partial charge >= 0.3 is 0 Å². The SMILES string of the molecule is CC(CCC(O)C(O)C(O)COC1OC(CO)C(O)C(O)C1N)[C@H]1CC[C@]2(C)[C@H]3CC[C@@H]4[C@@]5(C)CCCC(C)(C)[C@@H]5CC[C@@]4(C)[C@]3(C)CC[C@@H]12. The molecule has 1 heterocycles. The first-order chi connectivity index (χ1) is 23.4. The minimum atomic E-state index is -1.42. The molecule has 6 rings (SSSR count). The average Bonchev–Trinajstić information content (AvgIpc) is 3.42. The molecule has 9 unspecified atom stereocenters. The van der Waals surface area contributed by atoms with Crippen molar-refractivity contribution in [2.75, 3.05) is 13.2 Å². The van der Waals surface area contributed by atoms with Crippen molar-refractivity contribution in [2.45, 2.75) is 181 Å². The van der Waals surface area contributed by atoms with E-state index in [0.717, 1.165) is 24.2 Å². The van der Waals surface area contributed by atoms with E-state index < -0.39 is 55.6 Å². The number of rotatable bonds is 10. The molecule has 0 amide bonds. The summed E-state index contributed by atoms with van der Waals surface area (Å²) < 4.78 is 11.0. The maximum absolute atomic E-state index is 10.9. The van der Waals surface area contributed by atoms with E-state index in [2.05, 4.69) is 48.5 Å². The highest BCUT2D eigenvalue weighted by atomic mass is 16.7. The zero-order chi connectivity index (χ0) is 36.6. The summed E-state index contributed by atoms with van der Waals surface area (Å²) in [5.74, 6) is 4.12. The van der Waals surface area contributed by atoms with Gasteiger partial charge in [0.2, 0.25) is 0 Å². The van der Waals surface area contributed by atoms with E-state index in [1.165, 1.54) is 70.6 Å². The molecule has 8 N–H and O–H groups in total. The summed E-state index contributed by atoms with van der Waals surface area (Å²) >= 11 is 0. The highest BCUT2D eigenvalue weighted by Gasteiger charge is 2.70. The summed E-state index contributed by atoms with van der Waals surface area (Å²) in [6.07, 6.45) is 7.10. The minimum absolute atomic E-state index is 0.343. The maximum atomic E-state index is 10.9. The lowest BCUT2D eigenvalue weighted by Crippen LogP contribution is -2.65. The number of nitrogens with two attached hydrogens (primary N) is 1. The van der Waals surface area contributed by atoms with Crippen molar-refractivity contribution >= 4 is 0 Å². The molecule has 0 aromatic carbocycles. The number of hydrogen-bond donors (Lipinski definition) is 7. The van der Waals surface area contributed by atoms with Crippen molar-refractivity contribution < 1.29 is 40.1 Å². The number of ether oxygens (including phenoxy) is 2. The fourth-order valence-electron chi connectivity index (χ4n) is 14.6. The van der Waals surface area contributed by atoms with E-state index in [0.29, 0.717) is 51.2 Å². The van der Waals surface area contributed by atoms with Crippen molar-refractivity contribution in [3.05, 3.63) is 0 Å². The Bertz CT molecular complexity index is 1190. The number of aliphatic hydroxyl groups excluding tert-OH is 6. The first kappa shape index (κ1) is 39.3. The van der Waals surface area contributed by atoms with Gasteiger partial charge in [0.15, 0.2) is 6.29 Å². The fourth-order valence-corrected chi connectivity index (χ4v) is 14.6. The summed E-state index contributed by atoms with van der Waals surface area (Å²) in [5.41, 5.74) is 7.96. The number of hydrogen-bond acceptors (Lipinski definition) is 9. The molecular weight excluding hydrogens is 634 g/mol. The molecule has 0 aromatic heterocycles. The molecule has 18 atom stereocenters.